The molecule has 0 fully saturated rings. The van der Waals surface area contributed by atoms with E-state index in [1.807, 2.05) is 29.2 Å². The highest BCUT2D eigenvalue weighted by molar-refractivity contribution is 5.85. The minimum Gasteiger partial charge on any atom is -0.362 e. The summed E-state index contributed by atoms with van der Waals surface area (Å²) in [6, 6.07) is 12.7. The van der Waals surface area contributed by atoms with E-state index in [0.29, 0.717) is 0 Å². The third-order valence-corrected chi connectivity index (χ3v) is 4.16. The quantitative estimate of drug-likeness (QED) is 0.668. The number of hydrazone groups is 1. The van der Waals surface area contributed by atoms with E-state index >= 15 is 0 Å². The highest BCUT2D eigenvalue weighted by atomic mass is 19.4. The Labute approximate surface area is 149 Å². The third kappa shape index (κ3) is 4.41. The van der Waals surface area contributed by atoms with E-state index < -0.39 is 11.7 Å². The van der Waals surface area contributed by atoms with Crippen molar-refractivity contribution in [2.75, 3.05) is 18.0 Å². The number of nitrogens with one attached hydrogen (secondary N) is 1. The molecule has 136 valence electrons. The van der Waals surface area contributed by atoms with Crippen molar-refractivity contribution in [1.82, 2.24) is 5.43 Å². The van der Waals surface area contributed by atoms with E-state index in [1.54, 1.807) is 0 Å². The molecule has 0 spiro atoms. The molecule has 2 aromatic carbocycles. The van der Waals surface area contributed by atoms with Crippen molar-refractivity contribution >= 4 is 17.8 Å². The van der Waals surface area contributed by atoms with E-state index in [-0.39, 0.29) is 18.0 Å². The van der Waals surface area contributed by atoms with Gasteiger partial charge in [0.1, 0.15) is 0 Å². The van der Waals surface area contributed by atoms with Crippen LogP contribution in [0.25, 0.3) is 0 Å². The minimum absolute atomic E-state index is 0.150. The molecule has 0 saturated carbocycles. The zero-order valence-electron chi connectivity index (χ0n) is 14.0. The summed E-state index contributed by atoms with van der Waals surface area (Å²) in [7, 11) is 0. The van der Waals surface area contributed by atoms with Gasteiger partial charge in [-0.15, -0.1) is 0 Å². The van der Waals surface area contributed by atoms with Gasteiger partial charge in [0, 0.05) is 12.2 Å². The van der Waals surface area contributed by atoms with Gasteiger partial charge in [-0.05, 0) is 42.2 Å². The first-order valence-electron chi connectivity index (χ1n) is 8.25. The number of carbonyl (C=O) groups is 1. The van der Waals surface area contributed by atoms with Crippen LogP contribution in [0.3, 0.4) is 0 Å². The lowest BCUT2D eigenvalue weighted by molar-refractivity contribution is -0.137. The lowest BCUT2D eigenvalue weighted by Gasteiger charge is -2.30. The Hall–Kier alpha value is -2.83. The van der Waals surface area contributed by atoms with Crippen LogP contribution < -0.4 is 10.3 Å². The normalized spacial score (nSPS) is 14.3. The standard InChI is InChI=1S/C19H18F3N3O/c20-19(21,22)16-8-3-5-14(11-16)12-23-24-18(26)13-25-10-4-7-15-6-1-2-9-17(15)25/h1-3,5-6,8-9,11-12H,4,7,10,13H2,(H,24,26)/b23-12+. The highest BCUT2D eigenvalue weighted by Gasteiger charge is 2.30. The van der Waals surface area contributed by atoms with Crippen molar-refractivity contribution in [3.8, 4) is 0 Å². The Kier molecular flexibility index (Phi) is 5.25. The Morgan fingerprint density at radius 1 is 1.19 bits per heavy atom. The van der Waals surface area contributed by atoms with Gasteiger partial charge in [-0.25, -0.2) is 5.43 Å². The van der Waals surface area contributed by atoms with Crippen LogP contribution in [-0.4, -0.2) is 25.2 Å². The average molecular weight is 361 g/mol. The van der Waals surface area contributed by atoms with Crippen molar-refractivity contribution in [3.63, 3.8) is 0 Å². The van der Waals surface area contributed by atoms with Crippen LogP contribution in [0, 0.1) is 0 Å². The predicted octanol–water partition coefficient (Wildman–Crippen LogP) is 3.61. The Morgan fingerprint density at radius 2 is 2.00 bits per heavy atom. The summed E-state index contributed by atoms with van der Waals surface area (Å²) < 4.78 is 38.0. The zero-order valence-corrected chi connectivity index (χ0v) is 14.0. The number of rotatable bonds is 4. The van der Waals surface area contributed by atoms with Gasteiger partial charge in [-0.2, -0.15) is 18.3 Å². The maximum absolute atomic E-state index is 12.7. The van der Waals surface area contributed by atoms with Gasteiger partial charge in [0.05, 0.1) is 18.3 Å². The molecule has 1 aliphatic rings. The van der Waals surface area contributed by atoms with Crippen molar-refractivity contribution in [2.24, 2.45) is 5.10 Å². The molecule has 1 N–H and O–H groups in total. The first kappa shape index (κ1) is 18.0. The van der Waals surface area contributed by atoms with Crippen molar-refractivity contribution in [3.05, 3.63) is 65.2 Å². The predicted molar refractivity (Wildman–Crippen MR) is 94.2 cm³/mol. The van der Waals surface area contributed by atoms with Crippen molar-refractivity contribution in [1.29, 1.82) is 0 Å². The highest BCUT2D eigenvalue weighted by Crippen LogP contribution is 2.29. The summed E-state index contributed by atoms with van der Waals surface area (Å²) in [4.78, 5) is 14.1. The molecular weight excluding hydrogens is 343 g/mol. The van der Waals surface area contributed by atoms with E-state index in [1.165, 1.54) is 23.9 Å². The fraction of sp³-hybridized carbons (Fsp3) is 0.263. The number of benzene rings is 2. The summed E-state index contributed by atoms with van der Waals surface area (Å²) in [6.45, 7) is 0.929. The molecule has 7 heteroatoms. The van der Waals surface area contributed by atoms with E-state index in [9.17, 15) is 18.0 Å². The molecule has 4 nitrogen and oxygen atoms in total. The largest absolute Gasteiger partial charge is 0.416 e. The smallest absolute Gasteiger partial charge is 0.362 e. The second-order valence-corrected chi connectivity index (χ2v) is 6.07. The molecule has 0 bridgehead atoms. The second kappa shape index (κ2) is 7.59. The fourth-order valence-electron chi connectivity index (χ4n) is 2.96. The molecule has 0 radical (unpaired) electrons. The van der Waals surface area contributed by atoms with E-state index in [2.05, 4.69) is 10.5 Å². The number of aryl methyl sites for hydroxylation is 1. The summed E-state index contributed by atoms with van der Waals surface area (Å²) in [6.07, 6.45) is -1.24. The molecule has 1 aliphatic heterocycles. The summed E-state index contributed by atoms with van der Waals surface area (Å²) in [5, 5.41) is 3.77. The first-order chi connectivity index (χ1) is 12.4. The van der Waals surface area contributed by atoms with E-state index in [0.717, 1.165) is 37.2 Å². The van der Waals surface area contributed by atoms with Gasteiger partial charge in [0.2, 0.25) is 0 Å². The van der Waals surface area contributed by atoms with Gasteiger partial charge >= 0.3 is 6.18 Å². The number of alkyl halides is 3. The molecule has 0 saturated heterocycles. The van der Waals surface area contributed by atoms with Gasteiger partial charge in [0.15, 0.2) is 0 Å². The molecule has 3 rings (SSSR count). The third-order valence-electron chi connectivity index (χ3n) is 4.16. The van der Waals surface area contributed by atoms with Gasteiger partial charge < -0.3 is 4.90 Å². The number of halogens is 3. The number of para-hydroxylation sites is 1. The maximum atomic E-state index is 12.7. The van der Waals surface area contributed by atoms with Crippen LogP contribution in [0.5, 0.6) is 0 Å². The van der Waals surface area contributed by atoms with Crippen molar-refractivity contribution in [2.45, 2.75) is 19.0 Å². The average Bonchev–Trinajstić information content (AvgIpc) is 2.62. The molecule has 1 heterocycles. The van der Waals surface area contributed by atoms with Crippen LogP contribution >= 0.6 is 0 Å². The van der Waals surface area contributed by atoms with Crippen LogP contribution in [0.15, 0.2) is 53.6 Å². The molecule has 0 aromatic heterocycles. The lowest BCUT2D eigenvalue weighted by atomic mass is 10.0. The minimum atomic E-state index is -4.41. The van der Waals surface area contributed by atoms with Crippen LogP contribution in [-0.2, 0) is 17.4 Å². The Balaban J connectivity index is 1.59. The summed E-state index contributed by atoms with van der Waals surface area (Å²) >= 11 is 0. The molecule has 0 aliphatic carbocycles. The molecule has 0 atom stereocenters. The maximum Gasteiger partial charge on any atom is 0.416 e. The zero-order chi connectivity index (χ0) is 18.6. The molecule has 26 heavy (non-hydrogen) atoms. The van der Waals surface area contributed by atoms with Crippen LogP contribution in [0.2, 0.25) is 0 Å². The number of hydrogen-bond acceptors (Lipinski definition) is 3. The summed E-state index contributed by atoms with van der Waals surface area (Å²) in [5.74, 6) is -0.315. The first-order valence-corrected chi connectivity index (χ1v) is 8.25. The van der Waals surface area contributed by atoms with Crippen LogP contribution in [0.4, 0.5) is 18.9 Å². The van der Waals surface area contributed by atoms with Gasteiger partial charge in [-0.1, -0.05) is 30.3 Å². The number of anilines is 1. The fourth-order valence-corrected chi connectivity index (χ4v) is 2.96. The van der Waals surface area contributed by atoms with Gasteiger partial charge in [0.25, 0.3) is 5.91 Å². The van der Waals surface area contributed by atoms with Crippen LogP contribution in [0.1, 0.15) is 23.1 Å². The van der Waals surface area contributed by atoms with E-state index in [4.69, 9.17) is 0 Å². The van der Waals surface area contributed by atoms with Gasteiger partial charge in [-0.3, -0.25) is 4.79 Å². The number of carbonyl (C=O) groups excluding carboxylic acids is 1. The number of hydrogen-bond donors (Lipinski definition) is 1. The molecular formula is C19H18F3N3O. The Morgan fingerprint density at radius 3 is 2.81 bits per heavy atom. The molecule has 2 aromatic rings. The topological polar surface area (TPSA) is 44.7 Å². The summed E-state index contributed by atoms with van der Waals surface area (Å²) in [5.41, 5.74) is 4.14. The number of nitrogens with zero attached hydrogens (tertiary/aromatic N) is 2. The second-order valence-electron chi connectivity index (χ2n) is 6.07. The number of amides is 1. The number of fused-ring (bicyclic) bond motifs is 1. The Bertz CT molecular complexity index is 818. The molecule has 0 unspecified atom stereocenters. The molecule has 1 amide bonds. The SMILES string of the molecule is O=C(CN1CCCc2ccccc21)N/N=C/c1cccc(C(F)(F)F)c1. The lowest BCUT2D eigenvalue weighted by Crippen LogP contribution is -2.38. The van der Waals surface area contributed by atoms with Crippen molar-refractivity contribution < 1.29 is 18.0 Å². The monoisotopic (exact) mass is 361 g/mol.